The van der Waals surface area contributed by atoms with E-state index in [1.807, 2.05) is 41.1 Å². The van der Waals surface area contributed by atoms with Crippen molar-refractivity contribution in [3.05, 3.63) is 42.2 Å². The molecule has 0 spiro atoms. The van der Waals surface area contributed by atoms with Crippen molar-refractivity contribution >= 4 is 5.52 Å². The second kappa shape index (κ2) is 2.40. The highest BCUT2D eigenvalue weighted by Gasteiger charge is 1.97. The number of aliphatic hydroxyl groups is 1. The molecule has 0 aliphatic carbocycles. The van der Waals surface area contributed by atoms with Crippen LogP contribution in [0.4, 0.5) is 0 Å². The number of rotatable bonds is 1. The van der Waals surface area contributed by atoms with E-state index in [9.17, 15) is 0 Å². The zero-order valence-electron chi connectivity index (χ0n) is 6.07. The van der Waals surface area contributed by atoms with Crippen LogP contribution in [0.15, 0.2) is 36.7 Å². The zero-order chi connectivity index (χ0) is 7.68. The summed E-state index contributed by atoms with van der Waals surface area (Å²) in [4.78, 5) is 0. The second-order valence-corrected chi connectivity index (χ2v) is 2.49. The Labute approximate surface area is 64.7 Å². The Morgan fingerprint density at radius 2 is 2.09 bits per heavy atom. The Morgan fingerprint density at radius 1 is 1.18 bits per heavy atom. The fourth-order valence-electron chi connectivity index (χ4n) is 1.25. The van der Waals surface area contributed by atoms with Crippen LogP contribution in [0.5, 0.6) is 0 Å². The van der Waals surface area contributed by atoms with Crippen LogP contribution in [0.3, 0.4) is 0 Å². The SMILES string of the molecule is OCc1ccn2ccccc12. The summed E-state index contributed by atoms with van der Waals surface area (Å²) >= 11 is 0. The van der Waals surface area contributed by atoms with Gasteiger partial charge in [-0.05, 0) is 18.2 Å². The first kappa shape index (κ1) is 6.43. The van der Waals surface area contributed by atoms with Gasteiger partial charge in [0.25, 0.3) is 0 Å². The monoisotopic (exact) mass is 147 g/mol. The van der Waals surface area contributed by atoms with Gasteiger partial charge in [0.1, 0.15) is 0 Å². The van der Waals surface area contributed by atoms with Gasteiger partial charge in [-0.2, -0.15) is 0 Å². The lowest BCUT2D eigenvalue weighted by molar-refractivity contribution is 0.283. The topological polar surface area (TPSA) is 24.6 Å². The molecule has 2 rings (SSSR count). The first-order valence-corrected chi connectivity index (χ1v) is 3.57. The quantitative estimate of drug-likeness (QED) is 0.648. The maximum Gasteiger partial charge on any atom is 0.0702 e. The Kier molecular flexibility index (Phi) is 1.40. The maximum absolute atomic E-state index is 8.91. The fourth-order valence-corrected chi connectivity index (χ4v) is 1.25. The van der Waals surface area contributed by atoms with Crippen LogP contribution >= 0.6 is 0 Å². The van der Waals surface area contributed by atoms with Crippen molar-refractivity contribution in [1.29, 1.82) is 0 Å². The van der Waals surface area contributed by atoms with Gasteiger partial charge in [0.15, 0.2) is 0 Å². The van der Waals surface area contributed by atoms with Crippen LogP contribution in [0.25, 0.3) is 5.52 Å². The number of pyridine rings is 1. The molecule has 11 heavy (non-hydrogen) atoms. The molecule has 0 atom stereocenters. The van der Waals surface area contributed by atoms with Gasteiger partial charge in [0.2, 0.25) is 0 Å². The van der Waals surface area contributed by atoms with Gasteiger partial charge in [-0.25, -0.2) is 0 Å². The molecule has 0 saturated heterocycles. The van der Waals surface area contributed by atoms with Crippen molar-refractivity contribution < 1.29 is 5.11 Å². The van der Waals surface area contributed by atoms with E-state index >= 15 is 0 Å². The third-order valence-electron chi connectivity index (χ3n) is 1.83. The summed E-state index contributed by atoms with van der Waals surface area (Å²) in [6, 6.07) is 7.85. The van der Waals surface area contributed by atoms with Crippen molar-refractivity contribution in [2.24, 2.45) is 0 Å². The number of fused-ring (bicyclic) bond motifs is 1. The van der Waals surface area contributed by atoms with Crippen molar-refractivity contribution in [2.75, 3.05) is 0 Å². The molecule has 0 fully saturated rings. The molecular formula is C9H9NO. The number of hydrogen-bond donors (Lipinski definition) is 1. The first-order chi connectivity index (χ1) is 5.42. The van der Waals surface area contributed by atoms with Gasteiger partial charge >= 0.3 is 0 Å². The minimum atomic E-state index is 0.112. The normalized spacial score (nSPS) is 10.6. The van der Waals surface area contributed by atoms with E-state index in [-0.39, 0.29) is 6.61 Å². The average molecular weight is 147 g/mol. The standard InChI is InChI=1S/C9H9NO/c11-7-8-4-6-10-5-2-1-3-9(8)10/h1-6,11H,7H2. The predicted octanol–water partition coefficient (Wildman–Crippen LogP) is 1.43. The van der Waals surface area contributed by atoms with Gasteiger partial charge < -0.3 is 9.51 Å². The Hall–Kier alpha value is -1.28. The van der Waals surface area contributed by atoms with Gasteiger partial charge in [0.05, 0.1) is 12.1 Å². The van der Waals surface area contributed by atoms with Crippen LogP contribution in [0.1, 0.15) is 5.56 Å². The van der Waals surface area contributed by atoms with E-state index in [2.05, 4.69) is 0 Å². The molecule has 0 aliphatic heterocycles. The molecule has 2 aromatic heterocycles. The van der Waals surface area contributed by atoms with E-state index in [0.29, 0.717) is 0 Å². The molecule has 2 nitrogen and oxygen atoms in total. The highest BCUT2D eigenvalue weighted by molar-refractivity contribution is 5.54. The van der Waals surface area contributed by atoms with Crippen LogP contribution < -0.4 is 0 Å². The number of nitrogens with zero attached hydrogens (tertiary/aromatic N) is 1. The Balaban J connectivity index is 2.76. The van der Waals surface area contributed by atoms with E-state index in [1.165, 1.54) is 0 Å². The Bertz CT molecular complexity index is 364. The number of aliphatic hydroxyl groups excluding tert-OH is 1. The first-order valence-electron chi connectivity index (χ1n) is 3.57. The molecule has 0 radical (unpaired) electrons. The van der Waals surface area contributed by atoms with Crippen LogP contribution in [-0.4, -0.2) is 9.51 Å². The van der Waals surface area contributed by atoms with Crippen molar-refractivity contribution in [1.82, 2.24) is 4.40 Å². The summed E-state index contributed by atoms with van der Waals surface area (Å²) < 4.78 is 1.99. The van der Waals surface area contributed by atoms with Gasteiger partial charge in [-0.1, -0.05) is 6.07 Å². The molecule has 56 valence electrons. The van der Waals surface area contributed by atoms with E-state index in [1.54, 1.807) is 0 Å². The molecule has 0 amide bonds. The molecule has 0 aliphatic rings. The van der Waals surface area contributed by atoms with Crippen molar-refractivity contribution in [3.63, 3.8) is 0 Å². The lowest BCUT2D eigenvalue weighted by Crippen LogP contribution is -1.82. The van der Waals surface area contributed by atoms with Gasteiger partial charge in [-0.15, -0.1) is 0 Å². The van der Waals surface area contributed by atoms with E-state index in [4.69, 9.17) is 5.11 Å². The van der Waals surface area contributed by atoms with Crippen LogP contribution in [0.2, 0.25) is 0 Å². The summed E-state index contributed by atoms with van der Waals surface area (Å²) in [5.74, 6) is 0. The molecule has 1 N–H and O–H groups in total. The lowest BCUT2D eigenvalue weighted by Gasteiger charge is -1.94. The number of hydrogen-bond acceptors (Lipinski definition) is 1. The largest absolute Gasteiger partial charge is 0.392 e. The Morgan fingerprint density at radius 3 is 2.91 bits per heavy atom. The van der Waals surface area contributed by atoms with Crippen molar-refractivity contribution in [3.8, 4) is 0 Å². The summed E-state index contributed by atoms with van der Waals surface area (Å²) in [6.07, 6.45) is 3.91. The predicted molar refractivity (Wildman–Crippen MR) is 43.3 cm³/mol. The average Bonchev–Trinajstić information content (AvgIpc) is 2.47. The maximum atomic E-state index is 8.91. The second-order valence-electron chi connectivity index (χ2n) is 2.49. The third-order valence-corrected chi connectivity index (χ3v) is 1.83. The van der Waals surface area contributed by atoms with Crippen molar-refractivity contribution in [2.45, 2.75) is 6.61 Å². The minimum Gasteiger partial charge on any atom is -0.392 e. The molecule has 0 bridgehead atoms. The van der Waals surface area contributed by atoms with E-state index < -0.39 is 0 Å². The lowest BCUT2D eigenvalue weighted by atomic mass is 10.3. The smallest absolute Gasteiger partial charge is 0.0702 e. The highest BCUT2D eigenvalue weighted by atomic mass is 16.3. The van der Waals surface area contributed by atoms with Gasteiger partial charge in [-0.3, -0.25) is 0 Å². The summed E-state index contributed by atoms with van der Waals surface area (Å²) in [7, 11) is 0. The summed E-state index contributed by atoms with van der Waals surface area (Å²) in [6.45, 7) is 0.112. The molecule has 0 unspecified atom stereocenters. The zero-order valence-corrected chi connectivity index (χ0v) is 6.07. The molecule has 2 heteroatoms. The molecular weight excluding hydrogens is 138 g/mol. The summed E-state index contributed by atoms with van der Waals surface area (Å²) in [5, 5.41) is 8.91. The van der Waals surface area contributed by atoms with E-state index in [0.717, 1.165) is 11.1 Å². The third kappa shape index (κ3) is 0.917. The molecule has 0 aromatic carbocycles. The van der Waals surface area contributed by atoms with Gasteiger partial charge in [0, 0.05) is 18.0 Å². The highest BCUT2D eigenvalue weighted by Crippen LogP contribution is 2.11. The molecule has 2 heterocycles. The van der Waals surface area contributed by atoms with Crippen LogP contribution in [0, 0.1) is 0 Å². The molecule has 2 aromatic rings. The number of aromatic nitrogens is 1. The minimum absolute atomic E-state index is 0.112. The fraction of sp³-hybridized carbons (Fsp3) is 0.111. The molecule has 0 saturated carbocycles. The summed E-state index contributed by atoms with van der Waals surface area (Å²) in [5.41, 5.74) is 2.06. The van der Waals surface area contributed by atoms with Crippen LogP contribution in [-0.2, 0) is 6.61 Å².